The molecule has 0 aliphatic rings. The van der Waals surface area contributed by atoms with E-state index in [0.717, 1.165) is 29.0 Å². The minimum absolute atomic E-state index is 0.0919. The van der Waals surface area contributed by atoms with Crippen LogP contribution in [0.4, 0.5) is 0 Å². The van der Waals surface area contributed by atoms with E-state index in [1.54, 1.807) is 4.68 Å². The maximum absolute atomic E-state index is 11.9. The SMILES string of the molecule is CCc1nn(C)cc1CNC(=O)c1csc(C(=O)O)n1. The van der Waals surface area contributed by atoms with Gasteiger partial charge < -0.3 is 10.4 Å². The second kappa shape index (κ2) is 5.83. The summed E-state index contributed by atoms with van der Waals surface area (Å²) in [4.78, 5) is 26.3. The molecule has 2 aromatic heterocycles. The highest BCUT2D eigenvalue weighted by molar-refractivity contribution is 7.11. The average Bonchev–Trinajstić information content (AvgIpc) is 3.02. The van der Waals surface area contributed by atoms with Crippen LogP contribution >= 0.6 is 11.3 Å². The van der Waals surface area contributed by atoms with Crippen LogP contribution in [0.2, 0.25) is 0 Å². The maximum atomic E-state index is 11.9. The zero-order valence-electron chi connectivity index (χ0n) is 11.1. The lowest BCUT2D eigenvalue weighted by atomic mass is 10.2. The van der Waals surface area contributed by atoms with Gasteiger partial charge in [0.2, 0.25) is 5.01 Å². The topological polar surface area (TPSA) is 97.1 Å². The van der Waals surface area contributed by atoms with Gasteiger partial charge in [-0.05, 0) is 6.42 Å². The minimum atomic E-state index is -1.13. The fourth-order valence-corrected chi connectivity index (χ4v) is 2.41. The number of carboxylic acids is 1. The van der Waals surface area contributed by atoms with Crippen LogP contribution in [0, 0.1) is 0 Å². The maximum Gasteiger partial charge on any atom is 0.365 e. The van der Waals surface area contributed by atoms with Crippen LogP contribution in [0.5, 0.6) is 0 Å². The molecule has 0 aliphatic carbocycles. The third kappa shape index (κ3) is 3.02. The van der Waals surface area contributed by atoms with Crippen molar-refractivity contribution in [2.24, 2.45) is 7.05 Å². The molecule has 0 bridgehead atoms. The van der Waals surface area contributed by atoms with Crippen LogP contribution in [0.1, 0.15) is 38.5 Å². The van der Waals surface area contributed by atoms with Crippen molar-refractivity contribution in [3.8, 4) is 0 Å². The lowest BCUT2D eigenvalue weighted by Crippen LogP contribution is -2.23. The molecule has 2 rings (SSSR count). The number of carboxylic acid groups (broad SMARTS) is 1. The summed E-state index contributed by atoms with van der Waals surface area (Å²) in [6, 6.07) is 0. The zero-order valence-corrected chi connectivity index (χ0v) is 11.9. The quantitative estimate of drug-likeness (QED) is 0.859. The summed E-state index contributed by atoms with van der Waals surface area (Å²) in [6.45, 7) is 2.34. The summed E-state index contributed by atoms with van der Waals surface area (Å²) in [5.41, 5.74) is 1.99. The van der Waals surface area contributed by atoms with Crippen LogP contribution in [-0.4, -0.2) is 31.7 Å². The van der Waals surface area contributed by atoms with Crippen molar-refractivity contribution in [3.63, 3.8) is 0 Å². The summed E-state index contributed by atoms with van der Waals surface area (Å²) in [5, 5.41) is 17.1. The van der Waals surface area contributed by atoms with Gasteiger partial charge in [0.25, 0.3) is 5.91 Å². The molecule has 2 heterocycles. The second-order valence-corrected chi connectivity index (χ2v) is 5.01. The van der Waals surface area contributed by atoms with Gasteiger partial charge in [-0.15, -0.1) is 11.3 Å². The number of nitrogens with one attached hydrogen (secondary N) is 1. The molecule has 1 amide bonds. The van der Waals surface area contributed by atoms with Gasteiger partial charge in [0.1, 0.15) is 5.69 Å². The summed E-state index contributed by atoms with van der Waals surface area (Å²) < 4.78 is 1.70. The number of thiazole rings is 1. The zero-order chi connectivity index (χ0) is 14.7. The van der Waals surface area contributed by atoms with E-state index in [1.165, 1.54) is 5.38 Å². The Morgan fingerprint density at radius 3 is 2.85 bits per heavy atom. The Morgan fingerprint density at radius 1 is 1.50 bits per heavy atom. The summed E-state index contributed by atoms with van der Waals surface area (Å²) in [5.74, 6) is -1.52. The Balaban J connectivity index is 2.02. The molecule has 0 atom stereocenters. The Kier molecular flexibility index (Phi) is 4.14. The molecule has 106 valence electrons. The van der Waals surface area contributed by atoms with Gasteiger partial charge in [0, 0.05) is 30.7 Å². The van der Waals surface area contributed by atoms with Crippen molar-refractivity contribution in [2.75, 3.05) is 0 Å². The molecule has 0 spiro atoms. The monoisotopic (exact) mass is 294 g/mol. The lowest BCUT2D eigenvalue weighted by molar-refractivity contribution is 0.0696. The van der Waals surface area contributed by atoms with Crippen LogP contribution in [0.25, 0.3) is 0 Å². The first-order chi connectivity index (χ1) is 9.51. The van der Waals surface area contributed by atoms with E-state index < -0.39 is 5.97 Å². The minimum Gasteiger partial charge on any atom is -0.476 e. The van der Waals surface area contributed by atoms with Gasteiger partial charge >= 0.3 is 5.97 Å². The van der Waals surface area contributed by atoms with Crippen molar-refractivity contribution in [1.29, 1.82) is 0 Å². The number of carbonyl (C=O) groups is 2. The molecule has 0 saturated heterocycles. The molecule has 2 aromatic rings. The highest BCUT2D eigenvalue weighted by Crippen LogP contribution is 2.11. The number of nitrogens with zero attached hydrogens (tertiary/aromatic N) is 3. The van der Waals surface area contributed by atoms with E-state index in [9.17, 15) is 9.59 Å². The number of rotatable bonds is 5. The van der Waals surface area contributed by atoms with E-state index in [4.69, 9.17) is 5.11 Å². The molecule has 0 aromatic carbocycles. The predicted octanol–water partition coefficient (Wildman–Crippen LogP) is 1.07. The van der Waals surface area contributed by atoms with Gasteiger partial charge in [0.05, 0.1) is 5.69 Å². The second-order valence-electron chi connectivity index (χ2n) is 4.15. The Hall–Kier alpha value is -2.22. The number of aryl methyl sites for hydroxylation is 2. The molecule has 0 saturated carbocycles. The summed E-state index contributed by atoms with van der Waals surface area (Å²) in [6.07, 6.45) is 2.63. The number of amides is 1. The van der Waals surface area contributed by atoms with E-state index in [0.29, 0.717) is 6.54 Å². The molecule has 20 heavy (non-hydrogen) atoms. The van der Waals surface area contributed by atoms with Gasteiger partial charge in [-0.3, -0.25) is 9.48 Å². The highest BCUT2D eigenvalue weighted by Gasteiger charge is 2.15. The molecule has 0 aliphatic heterocycles. The van der Waals surface area contributed by atoms with E-state index in [2.05, 4.69) is 15.4 Å². The van der Waals surface area contributed by atoms with Crippen LogP contribution < -0.4 is 5.32 Å². The first-order valence-electron chi connectivity index (χ1n) is 5.99. The van der Waals surface area contributed by atoms with Crippen LogP contribution in [0.3, 0.4) is 0 Å². The molecule has 0 fully saturated rings. The number of aromatic nitrogens is 3. The molecule has 0 radical (unpaired) electrons. The smallest absolute Gasteiger partial charge is 0.365 e. The average molecular weight is 294 g/mol. The molecular weight excluding hydrogens is 280 g/mol. The Morgan fingerprint density at radius 2 is 2.25 bits per heavy atom. The Labute approximate surface area is 119 Å². The lowest BCUT2D eigenvalue weighted by Gasteiger charge is -2.02. The van der Waals surface area contributed by atoms with Crippen molar-refractivity contribution < 1.29 is 14.7 Å². The third-order valence-electron chi connectivity index (χ3n) is 2.69. The largest absolute Gasteiger partial charge is 0.476 e. The van der Waals surface area contributed by atoms with E-state index in [1.807, 2.05) is 20.2 Å². The van der Waals surface area contributed by atoms with Crippen molar-refractivity contribution >= 4 is 23.2 Å². The Bertz CT molecular complexity index is 647. The molecular formula is C12H14N4O3S. The molecule has 2 N–H and O–H groups in total. The molecule has 0 unspecified atom stereocenters. The first kappa shape index (κ1) is 14.2. The third-order valence-corrected chi connectivity index (χ3v) is 3.52. The van der Waals surface area contributed by atoms with Gasteiger partial charge in [-0.1, -0.05) is 6.92 Å². The molecule has 8 heteroatoms. The standard InChI is InChI=1S/C12H14N4O3S/c1-3-8-7(5-16(2)15-8)4-13-10(17)9-6-20-11(14-9)12(18)19/h5-6H,3-4H2,1-2H3,(H,13,17)(H,18,19). The fourth-order valence-electron chi connectivity index (χ4n) is 1.77. The normalized spacial score (nSPS) is 10.5. The first-order valence-corrected chi connectivity index (χ1v) is 6.87. The van der Waals surface area contributed by atoms with Gasteiger partial charge in [-0.2, -0.15) is 5.10 Å². The van der Waals surface area contributed by atoms with E-state index >= 15 is 0 Å². The highest BCUT2D eigenvalue weighted by atomic mass is 32.1. The van der Waals surface area contributed by atoms with Gasteiger partial charge in [0.15, 0.2) is 0 Å². The van der Waals surface area contributed by atoms with E-state index in [-0.39, 0.29) is 16.6 Å². The van der Waals surface area contributed by atoms with Crippen LogP contribution in [-0.2, 0) is 20.0 Å². The summed E-state index contributed by atoms with van der Waals surface area (Å²) >= 11 is 0.931. The number of hydrogen-bond acceptors (Lipinski definition) is 5. The number of aromatic carboxylic acids is 1. The van der Waals surface area contributed by atoms with Gasteiger partial charge in [-0.25, -0.2) is 9.78 Å². The molecule has 7 nitrogen and oxygen atoms in total. The fraction of sp³-hybridized carbons (Fsp3) is 0.333. The summed E-state index contributed by atoms with van der Waals surface area (Å²) in [7, 11) is 1.82. The predicted molar refractivity (Wildman–Crippen MR) is 72.8 cm³/mol. The van der Waals surface area contributed by atoms with Crippen molar-refractivity contribution in [2.45, 2.75) is 19.9 Å². The van der Waals surface area contributed by atoms with Crippen molar-refractivity contribution in [1.82, 2.24) is 20.1 Å². The number of carbonyl (C=O) groups excluding carboxylic acids is 1. The van der Waals surface area contributed by atoms with Crippen molar-refractivity contribution in [3.05, 3.63) is 33.5 Å². The van der Waals surface area contributed by atoms with Crippen LogP contribution in [0.15, 0.2) is 11.6 Å². The number of hydrogen-bond donors (Lipinski definition) is 2.